The van der Waals surface area contributed by atoms with E-state index in [4.69, 9.17) is 4.74 Å². The Kier molecular flexibility index (Phi) is 3.38. The summed E-state index contributed by atoms with van der Waals surface area (Å²) < 4.78 is 6.63. The first kappa shape index (κ1) is 13.4. The molecule has 0 aromatic heterocycles. The smallest absolute Gasteiger partial charge is 0.193 e. The number of hydrogen-bond donors (Lipinski definition) is 0. The number of hydrogen-bond acceptors (Lipinski definition) is 2. The highest BCUT2D eigenvalue weighted by Gasteiger charge is 2.21. The maximum Gasteiger partial charge on any atom is 0.193 e. The van der Waals surface area contributed by atoms with Crippen molar-refractivity contribution in [3.63, 3.8) is 0 Å². The highest BCUT2D eigenvalue weighted by atomic mass is 79.9. The van der Waals surface area contributed by atoms with Gasteiger partial charge in [-0.05, 0) is 49.2 Å². The maximum absolute atomic E-state index is 12.6. The van der Waals surface area contributed by atoms with Crippen molar-refractivity contribution in [2.75, 3.05) is 0 Å². The average Bonchev–Trinajstić information content (AvgIpc) is 2.80. The van der Waals surface area contributed by atoms with E-state index in [9.17, 15) is 4.79 Å². The van der Waals surface area contributed by atoms with E-state index in [1.807, 2.05) is 50.2 Å². The highest BCUT2D eigenvalue weighted by molar-refractivity contribution is 9.10. The van der Waals surface area contributed by atoms with Gasteiger partial charge in [-0.15, -0.1) is 0 Å². The molecule has 0 bridgehead atoms. The van der Waals surface area contributed by atoms with Gasteiger partial charge in [0.05, 0.1) is 0 Å². The van der Waals surface area contributed by atoms with Crippen LogP contribution in [0.1, 0.15) is 34.0 Å². The van der Waals surface area contributed by atoms with E-state index in [2.05, 4.69) is 15.9 Å². The fourth-order valence-electron chi connectivity index (χ4n) is 2.57. The van der Waals surface area contributed by atoms with Gasteiger partial charge in [-0.2, -0.15) is 0 Å². The molecule has 2 nitrogen and oxygen atoms in total. The second-order valence-corrected chi connectivity index (χ2v) is 6.05. The number of carbonyl (C=O) groups excluding carboxylic acids is 1. The molecule has 1 atom stereocenters. The van der Waals surface area contributed by atoms with Crippen LogP contribution in [0.3, 0.4) is 0 Å². The van der Waals surface area contributed by atoms with Crippen LogP contribution in [0.5, 0.6) is 5.75 Å². The molecule has 0 N–H and O–H groups in total. The number of benzene rings is 2. The lowest BCUT2D eigenvalue weighted by atomic mass is 9.97. The van der Waals surface area contributed by atoms with Crippen molar-refractivity contribution < 1.29 is 9.53 Å². The van der Waals surface area contributed by atoms with Crippen molar-refractivity contribution >= 4 is 21.7 Å². The van der Waals surface area contributed by atoms with Crippen LogP contribution in [0.25, 0.3) is 0 Å². The Morgan fingerprint density at radius 2 is 2.10 bits per heavy atom. The minimum absolute atomic E-state index is 0.0613. The fourth-order valence-corrected chi connectivity index (χ4v) is 2.94. The topological polar surface area (TPSA) is 26.3 Å². The van der Waals surface area contributed by atoms with Gasteiger partial charge in [-0.25, -0.2) is 0 Å². The summed E-state index contributed by atoms with van der Waals surface area (Å²) in [5.74, 6) is 0.964. The van der Waals surface area contributed by atoms with E-state index in [0.29, 0.717) is 0 Å². The van der Waals surface area contributed by atoms with Crippen LogP contribution < -0.4 is 4.74 Å². The Morgan fingerprint density at radius 1 is 1.30 bits per heavy atom. The third kappa shape index (κ3) is 2.27. The van der Waals surface area contributed by atoms with E-state index in [0.717, 1.165) is 38.9 Å². The molecule has 1 aliphatic rings. The van der Waals surface area contributed by atoms with Gasteiger partial charge in [-0.1, -0.05) is 28.1 Å². The molecule has 0 spiro atoms. The molecular formula is C17H15BrO2. The van der Waals surface area contributed by atoms with E-state index < -0.39 is 0 Å². The van der Waals surface area contributed by atoms with Crippen LogP contribution >= 0.6 is 15.9 Å². The quantitative estimate of drug-likeness (QED) is 0.767. The number of rotatable bonds is 2. The Morgan fingerprint density at radius 3 is 2.90 bits per heavy atom. The molecule has 20 heavy (non-hydrogen) atoms. The number of ketones is 1. The molecule has 1 unspecified atom stereocenters. The third-order valence-electron chi connectivity index (χ3n) is 3.67. The Bertz CT molecular complexity index is 691. The Balaban J connectivity index is 2.00. The normalized spacial score (nSPS) is 16.6. The van der Waals surface area contributed by atoms with Gasteiger partial charge < -0.3 is 4.74 Å². The monoisotopic (exact) mass is 330 g/mol. The molecule has 2 aromatic rings. The largest absolute Gasteiger partial charge is 0.490 e. The molecule has 102 valence electrons. The summed E-state index contributed by atoms with van der Waals surface area (Å²) in [6, 6.07) is 11.4. The van der Waals surface area contributed by atoms with Crippen LogP contribution in [-0.2, 0) is 6.42 Å². The number of fused-ring (bicyclic) bond motifs is 1. The summed E-state index contributed by atoms with van der Waals surface area (Å²) in [6.07, 6.45) is 1.07. The van der Waals surface area contributed by atoms with E-state index in [1.165, 1.54) is 0 Å². The van der Waals surface area contributed by atoms with Crippen molar-refractivity contribution in [1.82, 2.24) is 0 Å². The molecule has 0 aliphatic carbocycles. The van der Waals surface area contributed by atoms with Crippen LogP contribution in [0.4, 0.5) is 0 Å². The summed E-state index contributed by atoms with van der Waals surface area (Å²) >= 11 is 3.47. The molecule has 0 saturated heterocycles. The Labute approximate surface area is 126 Å². The standard InChI is InChI=1S/C17H15BrO2/c1-10-8-13-9-12(6-7-16(13)20-10)17(19)14-4-3-5-15(18)11(14)2/h3-7,9-10H,8H2,1-2H3. The molecular weight excluding hydrogens is 316 g/mol. The lowest BCUT2D eigenvalue weighted by Gasteiger charge is -2.08. The van der Waals surface area contributed by atoms with Crippen LogP contribution in [0.15, 0.2) is 40.9 Å². The molecule has 0 saturated carbocycles. The van der Waals surface area contributed by atoms with Gasteiger partial charge in [0, 0.05) is 22.0 Å². The first-order valence-corrected chi connectivity index (χ1v) is 7.45. The summed E-state index contributed by atoms with van der Waals surface area (Å²) in [6.45, 7) is 4.00. The van der Waals surface area contributed by atoms with Crippen LogP contribution in [0.2, 0.25) is 0 Å². The number of carbonyl (C=O) groups is 1. The van der Waals surface area contributed by atoms with Crippen molar-refractivity contribution in [3.8, 4) is 5.75 Å². The minimum Gasteiger partial charge on any atom is -0.490 e. The van der Waals surface area contributed by atoms with Crippen LogP contribution in [0, 0.1) is 6.92 Å². The fraction of sp³-hybridized carbons (Fsp3) is 0.235. The van der Waals surface area contributed by atoms with Gasteiger partial charge in [0.1, 0.15) is 11.9 Å². The molecule has 1 aliphatic heterocycles. The Hall–Kier alpha value is -1.61. The summed E-state index contributed by atoms with van der Waals surface area (Å²) in [4.78, 5) is 12.6. The first-order chi connectivity index (χ1) is 9.56. The molecule has 0 radical (unpaired) electrons. The first-order valence-electron chi connectivity index (χ1n) is 6.65. The second kappa shape index (κ2) is 5.06. The maximum atomic E-state index is 12.6. The van der Waals surface area contributed by atoms with E-state index in [1.54, 1.807) is 0 Å². The van der Waals surface area contributed by atoms with Crippen molar-refractivity contribution in [1.29, 1.82) is 0 Å². The van der Waals surface area contributed by atoms with E-state index in [-0.39, 0.29) is 11.9 Å². The number of ether oxygens (including phenoxy) is 1. The van der Waals surface area contributed by atoms with Crippen molar-refractivity contribution in [3.05, 3.63) is 63.1 Å². The lowest BCUT2D eigenvalue weighted by molar-refractivity contribution is 0.103. The predicted octanol–water partition coefficient (Wildman–Crippen LogP) is 4.31. The lowest BCUT2D eigenvalue weighted by Crippen LogP contribution is -2.05. The van der Waals surface area contributed by atoms with Gasteiger partial charge in [-0.3, -0.25) is 4.79 Å². The molecule has 0 amide bonds. The zero-order valence-electron chi connectivity index (χ0n) is 11.4. The van der Waals surface area contributed by atoms with Crippen LogP contribution in [-0.4, -0.2) is 11.9 Å². The van der Waals surface area contributed by atoms with Gasteiger partial charge in [0.2, 0.25) is 0 Å². The van der Waals surface area contributed by atoms with E-state index >= 15 is 0 Å². The minimum atomic E-state index is 0.0613. The molecule has 0 fully saturated rings. The summed E-state index contributed by atoms with van der Waals surface area (Å²) in [5, 5.41) is 0. The van der Waals surface area contributed by atoms with Crippen molar-refractivity contribution in [2.45, 2.75) is 26.4 Å². The third-order valence-corrected chi connectivity index (χ3v) is 4.53. The summed E-state index contributed by atoms with van der Waals surface area (Å²) in [7, 11) is 0. The van der Waals surface area contributed by atoms with Crippen molar-refractivity contribution in [2.24, 2.45) is 0 Å². The molecule has 1 heterocycles. The summed E-state index contributed by atoms with van der Waals surface area (Å²) in [5.41, 5.74) is 3.56. The highest BCUT2D eigenvalue weighted by Crippen LogP contribution is 2.30. The van der Waals surface area contributed by atoms with Gasteiger partial charge in [0.25, 0.3) is 0 Å². The number of halogens is 1. The molecule has 2 aromatic carbocycles. The SMILES string of the molecule is Cc1c(Br)cccc1C(=O)c1ccc2c(c1)CC(C)O2. The van der Waals surface area contributed by atoms with Gasteiger partial charge >= 0.3 is 0 Å². The van der Waals surface area contributed by atoms with Gasteiger partial charge in [0.15, 0.2) is 5.78 Å². The molecule has 3 heteroatoms. The predicted molar refractivity (Wildman–Crippen MR) is 82.5 cm³/mol. The zero-order chi connectivity index (χ0) is 14.3. The molecule has 3 rings (SSSR count). The average molecular weight is 331 g/mol. The zero-order valence-corrected chi connectivity index (χ0v) is 13.0. The second-order valence-electron chi connectivity index (χ2n) is 5.20.